The molecule has 2 aliphatic heterocycles. The molecule has 1 saturated heterocycles. The minimum absolute atomic E-state index is 0.0631. The van der Waals surface area contributed by atoms with Gasteiger partial charge in [0.15, 0.2) is 0 Å². The van der Waals surface area contributed by atoms with Gasteiger partial charge in [0.05, 0.1) is 13.2 Å². The first-order valence-corrected chi connectivity index (χ1v) is 6.57. The van der Waals surface area contributed by atoms with Gasteiger partial charge in [-0.2, -0.15) is 0 Å². The molecule has 2 heterocycles. The monoisotopic (exact) mass is 251 g/mol. The smallest absolute Gasteiger partial charge is 0.125 e. The number of halogens is 1. The molecular weight excluding hydrogens is 233 g/mol. The molecule has 98 valence electrons. The van der Waals surface area contributed by atoms with Gasteiger partial charge < -0.3 is 9.47 Å². The van der Waals surface area contributed by atoms with Crippen LogP contribution in [-0.4, -0.2) is 37.2 Å². The second-order valence-electron chi connectivity index (χ2n) is 4.81. The van der Waals surface area contributed by atoms with Crippen LogP contribution in [0, 0.1) is 5.82 Å². The molecule has 0 N–H and O–H groups in total. The maximum Gasteiger partial charge on any atom is 0.125 e. The molecule has 2 atom stereocenters. The third kappa shape index (κ3) is 1.99. The Morgan fingerprint density at radius 1 is 1.39 bits per heavy atom. The highest BCUT2D eigenvalue weighted by Crippen LogP contribution is 2.38. The normalized spacial score (nSPS) is 27.9. The second-order valence-corrected chi connectivity index (χ2v) is 4.81. The highest BCUT2D eigenvalue weighted by Gasteiger charge is 2.36. The molecule has 0 radical (unpaired) electrons. The maximum atomic E-state index is 13.4. The van der Waals surface area contributed by atoms with Gasteiger partial charge in [0.1, 0.15) is 17.7 Å². The largest absolute Gasteiger partial charge is 0.493 e. The van der Waals surface area contributed by atoms with Crippen LogP contribution in [0.3, 0.4) is 0 Å². The Bertz CT molecular complexity index is 438. The summed E-state index contributed by atoms with van der Waals surface area (Å²) in [6.07, 6.45) is 0.862. The zero-order valence-electron chi connectivity index (χ0n) is 10.6. The molecule has 0 spiro atoms. The molecule has 1 fully saturated rings. The SMILES string of the molecule is CCN1CCO[C@H]2c3cc(F)ccc3OCC[C@@H]21. The predicted octanol–water partition coefficient (Wildman–Crippen LogP) is 2.37. The quantitative estimate of drug-likeness (QED) is 0.765. The van der Waals surface area contributed by atoms with E-state index < -0.39 is 0 Å². The Hall–Kier alpha value is -1.13. The molecule has 0 aliphatic carbocycles. The Kier molecular flexibility index (Phi) is 3.22. The topological polar surface area (TPSA) is 21.7 Å². The van der Waals surface area contributed by atoms with Gasteiger partial charge in [-0.1, -0.05) is 6.92 Å². The van der Waals surface area contributed by atoms with E-state index in [4.69, 9.17) is 9.47 Å². The van der Waals surface area contributed by atoms with Crippen molar-refractivity contribution < 1.29 is 13.9 Å². The molecule has 0 bridgehead atoms. The highest BCUT2D eigenvalue weighted by atomic mass is 19.1. The van der Waals surface area contributed by atoms with Gasteiger partial charge in [-0.25, -0.2) is 4.39 Å². The van der Waals surface area contributed by atoms with Crippen molar-refractivity contribution in [1.29, 1.82) is 0 Å². The van der Waals surface area contributed by atoms with E-state index in [1.165, 1.54) is 6.07 Å². The van der Waals surface area contributed by atoms with Crippen molar-refractivity contribution >= 4 is 0 Å². The summed E-state index contributed by atoms with van der Waals surface area (Å²) in [7, 11) is 0. The molecule has 0 saturated carbocycles. The maximum absolute atomic E-state index is 13.4. The summed E-state index contributed by atoms with van der Waals surface area (Å²) >= 11 is 0. The van der Waals surface area contributed by atoms with Crippen molar-refractivity contribution in [3.63, 3.8) is 0 Å². The second kappa shape index (κ2) is 4.86. The van der Waals surface area contributed by atoms with Gasteiger partial charge >= 0.3 is 0 Å². The van der Waals surface area contributed by atoms with Crippen molar-refractivity contribution in [2.75, 3.05) is 26.3 Å². The van der Waals surface area contributed by atoms with Crippen LogP contribution in [0.15, 0.2) is 18.2 Å². The van der Waals surface area contributed by atoms with Crippen molar-refractivity contribution in [3.8, 4) is 5.75 Å². The van der Waals surface area contributed by atoms with Gasteiger partial charge in [-0.15, -0.1) is 0 Å². The Morgan fingerprint density at radius 2 is 2.28 bits per heavy atom. The molecule has 1 aromatic carbocycles. The molecular formula is C14H18FNO2. The van der Waals surface area contributed by atoms with Gasteiger partial charge in [0, 0.05) is 18.2 Å². The summed E-state index contributed by atoms with van der Waals surface area (Å²) in [6, 6.07) is 5.00. The highest BCUT2D eigenvalue weighted by molar-refractivity contribution is 5.37. The third-order valence-corrected chi connectivity index (χ3v) is 3.85. The zero-order valence-corrected chi connectivity index (χ0v) is 10.6. The Labute approximate surface area is 106 Å². The summed E-state index contributed by atoms with van der Waals surface area (Å²) in [5, 5.41) is 0. The number of rotatable bonds is 1. The van der Waals surface area contributed by atoms with Crippen molar-refractivity contribution in [1.82, 2.24) is 4.90 Å². The number of hydrogen-bond acceptors (Lipinski definition) is 3. The predicted molar refractivity (Wildman–Crippen MR) is 66.2 cm³/mol. The molecule has 2 aliphatic rings. The fraction of sp³-hybridized carbons (Fsp3) is 0.571. The van der Waals surface area contributed by atoms with Crippen LogP contribution in [0.2, 0.25) is 0 Å². The summed E-state index contributed by atoms with van der Waals surface area (Å²) in [5.74, 6) is 0.539. The van der Waals surface area contributed by atoms with Crippen LogP contribution in [0.5, 0.6) is 5.75 Å². The first-order valence-electron chi connectivity index (χ1n) is 6.57. The first kappa shape index (κ1) is 11.9. The number of hydrogen-bond donors (Lipinski definition) is 0. The fourth-order valence-corrected chi connectivity index (χ4v) is 2.95. The summed E-state index contributed by atoms with van der Waals surface area (Å²) in [4.78, 5) is 2.40. The van der Waals surface area contributed by atoms with E-state index in [1.807, 2.05) is 0 Å². The van der Waals surface area contributed by atoms with Gasteiger partial charge in [-0.3, -0.25) is 4.90 Å². The van der Waals surface area contributed by atoms with E-state index in [0.717, 1.165) is 30.8 Å². The number of nitrogens with zero attached hydrogens (tertiary/aromatic N) is 1. The summed E-state index contributed by atoms with van der Waals surface area (Å²) in [5.41, 5.74) is 0.857. The standard InChI is InChI=1S/C14H18FNO2/c1-2-16-6-8-18-14-11-9-10(15)3-4-13(11)17-7-5-12(14)16/h3-4,9,12,14H,2,5-8H2,1H3/t12-,14-/m0/s1. The van der Waals surface area contributed by atoms with E-state index in [2.05, 4.69) is 11.8 Å². The zero-order chi connectivity index (χ0) is 12.5. The van der Waals surface area contributed by atoms with E-state index in [0.29, 0.717) is 19.3 Å². The molecule has 3 nitrogen and oxygen atoms in total. The molecule has 4 heteroatoms. The molecule has 1 aromatic rings. The molecule has 0 amide bonds. The molecule has 3 rings (SSSR count). The Morgan fingerprint density at radius 3 is 3.11 bits per heavy atom. The van der Waals surface area contributed by atoms with Crippen LogP contribution in [0.25, 0.3) is 0 Å². The number of likely N-dealkylation sites (N-methyl/N-ethyl adjacent to an activating group) is 1. The molecule has 18 heavy (non-hydrogen) atoms. The number of ether oxygens (including phenoxy) is 2. The summed E-state index contributed by atoms with van der Waals surface area (Å²) < 4.78 is 25.0. The van der Waals surface area contributed by atoms with Crippen molar-refractivity contribution in [2.24, 2.45) is 0 Å². The number of fused-ring (bicyclic) bond motifs is 3. The first-order chi connectivity index (χ1) is 8.79. The van der Waals surface area contributed by atoms with E-state index >= 15 is 0 Å². The van der Waals surface area contributed by atoms with E-state index in [1.54, 1.807) is 12.1 Å². The van der Waals surface area contributed by atoms with E-state index in [-0.39, 0.29) is 11.9 Å². The van der Waals surface area contributed by atoms with Crippen molar-refractivity contribution in [2.45, 2.75) is 25.5 Å². The van der Waals surface area contributed by atoms with Crippen molar-refractivity contribution in [3.05, 3.63) is 29.6 Å². The lowest BCUT2D eigenvalue weighted by molar-refractivity contribution is -0.0725. The lowest BCUT2D eigenvalue weighted by Crippen LogP contribution is -2.46. The fourth-order valence-electron chi connectivity index (χ4n) is 2.95. The summed E-state index contributed by atoms with van der Waals surface area (Å²) in [6.45, 7) is 5.46. The number of benzene rings is 1. The number of morpholine rings is 1. The van der Waals surface area contributed by atoms with Crippen LogP contribution in [0.1, 0.15) is 25.0 Å². The van der Waals surface area contributed by atoms with Gasteiger partial charge in [-0.05, 0) is 31.2 Å². The van der Waals surface area contributed by atoms with Crippen LogP contribution < -0.4 is 4.74 Å². The van der Waals surface area contributed by atoms with Crippen LogP contribution >= 0.6 is 0 Å². The molecule has 0 unspecified atom stereocenters. The lowest BCUT2D eigenvalue weighted by Gasteiger charge is -2.39. The van der Waals surface area contributed by atoms with E-state index in [9.17, 15) is 4.39 Å². The van der Waals surface area contributed by atoms with Crippen LogP contribution in [-0.2, 0) is 4.74 Å². The third-order valence-electron chi connectivity index (χ3n) is 3.85. The average Bonchev–Trinajstić information content (AvgIpc) is 2.57. The minimum atomic E-state index is -0.227. The molecule has 0 aromatic heterocycles. The Balaban J connectivity index is 1.99. The minimum Gasteiger partial charge on any atom is -0.493 e. The van der Waals surface area contributed by atoms with Crippen LogP contribution in [0.4, 0.5) is 4.39 Å². The van der Waals surface area contributed by atoms with Gasteiger partial charge in [0.2, 0.25) is 0 Å². The van der Waals surface area contributed by atoms with Gasteiger partial charge in [0.25, 0.3) is 0 Å². The average molecular weight is 251 g/mol. The lowest BCUT2D eigenvalue weighted by atomic mass is 9.97.